The largest absolute Gasteiger partial charge is 0.382 e. The highest BCUT2D eigenvalue weighted by Gasteiger charge is 2.16. The highest BCUT2D eigenvalue weighted by atomic mass is 35.5. The quantitative estimate of drug-likeness (QED) is 0.891. The van der Waals surface area contributed by atoms with Crippen LogP contribution in [0.1, 0.15) is 10.7 Å². The summed E-state index contributed by atoms with van der Waals surface area (Å²) in [4.78, 5) is 7.86. The highest BCUT2D eigenvalue weighted by molar-refractivity contribution is 7.89. The fourth-order valence-corrected chi connectivity index (χ4v) is 3.13. The zero-order valence-corrected chi connectivity index (χ0v) is 12.3. The van der Waals surface area contributed by atoms with Crippen LogP contribution in [0.2, 0.25) is 5.02 Å². The van der Waals surface area contributed by atoms with E-state index in [1.807, 2.05) is 6.92 Å². The van der Waals surface area contributed by atoms with Gasteiger partial charge in [-0.3, -0.25) is 0 Å². The van der Waals surface area contributed by atoms with Gasteiger partial charge in [-0.25, -0.2) is 23.1 Å². The van der Waals surface area contributed by atoms with Gasteiger partial charge in [-0.05, 0) is 13.0 Å². The summed E-state index contributed by atoms with van der Waals surface area (Å²) in [7, 11) is -3.68. The number of sulfonamides is 1. The van der Waals surface area contributed by atoms with Gasteiger partial charge in [-0.2, -0.15) is 0 Å². The van der Waals surface area contributed by atoms with Crippen LogP contribution in [-0.2, 0) is 16.6 Å². The first-order valence-corrected chi connectivity index (χ1v) is 7.94. The highest BCUT2D eigenvalue weighted by Crippen LogP contribution is 2.19. The number of hydrogen-bond acceptors (Lipinski definition) is 6. The van der Waals surface area contributed by atoms with Crippen LogP contribution in [0.3, 0.4) is 0 Å². The molecule has 0 aliphatic heterocycles. The molecule has 0 saturated heterocycles. The topological polar surface area (TPSA) is 98.0 Å². The maximum Gasteiger partial charge on any atom is 0.242 e. The maximum atomic E-state index is 12.0. The zero-order valence-electron chi connectivity index (χ0n) is 9.92. The van der Waals surface area contributed by atoms with Crippen molar-refractivity contribution in [1.29, 1.82) is 0 Å². The van der Waals surface area contributed by atoms with Crippen LogP contribution in [0.15, 0.2) is 22.5 Å². The lowest BCUT2D eigenvalue weighted by molar-refractivity contribution is 0.580. The van der Waals surface area contributed by atoms with Gasteiger partial charge in [0.15, 0.2) is 0 Å². The van der Waals surface area contributed by atoms with E-state index < -0.39 is 10.0 Å². The summed E-state index contributed by atoms with van der Waals surface area (Å²) in [5.74, 6) is 0.0933. The Labute approximate surface area is 119 Å². The second kappa shape index (κ2) is 5.41. The number of aryl methyl sites for hydroxylation is 1. The summed E-state index contributed by atoms with van der Waals surface area (Å²) >= 11 is 7.21. The number of nitrogens with one attached hydrogen (secondary N) is 1. The molecule has 6 nitrogen and oxygen atoms in total. The third kappa shape index (κ3) is 3.41. The molecule has 0 radical (unpaired) electrons. The van der Waals surface area contributed by atoms with E-state index in [2.05, 4.69) is 14.7 Å². The molecule has 0 aliphatic carbocycles. The van der Waals surface area contributed by atoms with Crippen LogP contribution in [0.25, 0.3) is 0 Å². The Hall–Kier alpha value is -1.22. The molecule has 0 spiro atoms. The van der Waals surface area contributed by atoms with Crippen molar-refractivity contribution in [2.24, 2.45) is 0 Å². The molecule has 0 aromatic carbocycles. The summed E-state index contributed by atoms with van der Waals surface area (Å²) in [6, 6.07) is 1.26. The van der Waals surface area contributed by atoms with E-state index in [4.69, 9.17) is 17.3 Å². The van der Waals surface area contributed by atoms with Crippen LogP contribution in [0.4, 0.5) is 5.82 Å². The van der Waals surface area contributed by atoms with E-state index in [0.29, 0.717) is 5.69 Å². The van der Waals surface area contributed by atoms with Crippen molar-refractivity contribution in [2.45, 2.75) is 18.4 Å². The number of pyridine rings is 1. The van der Waals surface area contributed by atoms with E-state index in [1.165, 1.54) is 17.4 Å². The Bertz CT molecular complexity index is 699. The van der Waals surface area contributed by atoms with E-state index in [9.17, 15) is 8.42 Å². The van der Waals surface area contributed by atoms with Gasteiger partial charge >= 0.3 is 0 Å². The molecule has 0 atom stereocenters. The fraction of sp³-hybridized carbons (Fsp3) is 0.200. The predicted molar refractivity (Wildman–Crippen MR) is 74.5 cm³/mol. The monoisotopic (exact) mass is 318 g/mol. The minimum atomic E-state index is -3.68. The molecule has 0 aliphatic rings. The number of nitrogens with two attached hydrogens (primary N) is 1. The molecule has 102 valence electrons. The second-order valence-corrected chi connectivity index (χ2v) is 6.96. The van der Waals surface area contributed by atoms with Crippen LogP contribution in [-0.4, -0.2) is 18.4 Å². The van der Waals surface area contributed by atoms with Gasteiger partial charge in [-0.15, -0.1) is 11.3 Å². The lowest BCUT2D eigenvalue weighted by Gasteiger charge is -2.06. The van der Waals surface area contributed by atoms with Crippen LogP contribution in [0, 0.1) is 6.92 Å². The van der Waals surface area contributed by atoms with Crippen molar-refractivity contribution in [2.75, 3.05) is 5.73 Å². The molecule has 2 aromatic heterocycles. The first kappa shape index (κ1) is 14.2. The van der Waals surface area contributed by atoms with Gasteiger partial charge in [0.1, 0.15) is 10.7 Å². The summed E-state index contributed by atoms with van der Waals surface area (Å²) in [6.45, 7) is 1.97. The Morgan fingerprint density at radius 2 is 2.26 bits per heavy atom. The summed E-state index contributed by atoms with van der Waals surface area (Å²) in [6.07, 6.45) is 1.16. The number of nitrogen functional groups attached to an aromatic ring is 1. The normalized spacial score (nSPS) is 11.7. The molecule has 0 amide bonds. The fourth-order valence-electron chi connectivity index (χ4n) is 1.32. The number of anilines is 1. The van der Waals surface area contributed by atoms with Gasteiger partial charge in [0, 0.05) is 11.6 Å². The average molecular weight is 319 g/mol. The number of aromatic nitrogens is 2. The smallest absolute Gasteiger partial charge is 0.242 e. The van der Waals surface area contributed by atoms with Gasteiger partial charge < -0.3 is 5.73 Å². The minimum Gasteiger partial charge on any atom is -0.382 e. The molecule has 0 fully saturated rings. The lowest BCUT2D eigenvalue weighted by Crippen LogP contribution is -2.23. The van der Waals surface area contributed by atoms with E-state index in [1.54, 1.807) is 5.38 Å². The Balaban J connectivity index is 2.16. The molecule has 2 rings (SSSR count). The van der Waals surface area contributed by atoms with Crippen molar-refractivity contribution in [3.63, 3.8) is 0 Å². The number of hydrogen-bond donors (Lipinski definition) is 2. The molecule has 2 aromatic rings. The van der Waals surface area contributed by atoms with Gasteiger partial charge in [0.05, 0.1) is 22.3 Å². The van der Waals surface area contributed by atoms with Crippen molar-refractivity contribution < 1.29 is 8.42 Å². The number of rotatable bonds is 4. The standard InChI is InChI=1S/C10H11ClN4O2S2/c1-6-15-7(5-18-6)3-14-19(16,17)8-2-9(11)10(12)13-4-8/h2,4-5,14H,3H2,1H3,(H2,12,13). The predicted octanol–water partition coefficient (Wildman–Crippen LogP) is 1.56. The second-order valence-electron chi connectivity index (χ2n) is 3.72. The zero-order chi connectivity index (χ0) is 14.0. The Morgan fingerprint density at radius 3 is 2.84 bits per heavy atom. The molecular formula is C10H11ClN4O2S2. The van der Waals surface area contributed by atoms with Crippen LogP contribution >= 0.6 is 22.9 Å². The molecule has 19 heavy (non-hydrogen) atoms. The van der Waals surface area contributed by atoms with Crippen LogP contribution < -0.4 is 10.5 Å². The molecule has 3 N–H and O–H groups in total. The summed E-state index contributed by atoms with van der Waals surface area (Å²) in [5, 5.41) is 2.78. The van der Waals surface area contributed by atoms with Crippen molar-refractivity contribution in [1.82, 2.24) is 14.7 Å². The summed E-state index contributed by atoms with van der Waals surface area (Å²) in [5.41, 5.74) is 6.10. The minimum absolute atomic E-state index is 0.0290. The van der Waals surface area contributed by atoms with Gasteiger partial charge in [-0.1, -0.05) is 11.6 Å². The molecule has 0 bridgehead atoms. The molecule has 9 heteroatoms. The first-order valence-electron chi connectivity index (χ1n) is 5.20. The van der Waals surface area contributed by atoms with E-state index in [0.717, 1.165) is 11.2 Å². The van der Waals surface area contributed by atoms with Crippen molar-refractivity contribution in [3.05, 3.63) is 33.4 Å². The molecule has 0 saturated carbocycles. The average Bonchev–Trinajstić information content (AvgIpc) is 2.76. The third-order valence-electron chi connectivity index (χ3n) is 2.26. The van der Waals surface area contributed by atoms with Gasteiger partial charge in [0.25, 0.3) is 0 Å². The molecular weight excluding hydrogens is 308 g/mol. The van der Waals surface area contributed by atoms with Crippen molar-refractivity contribution >= 4 is 38.8 Å². The Morgan fingerprint density at radius 1 is 1.53 bits per heavy atom. The van der Waals surface area contributed by atoms with Crippen LogP contribution in [0.5, 0.6) is 0 Å². The Kier molecular flexibility index (Phi) is 4.04. The number of halogens is 1. The molecule has 2 heterocycles. The van der Waals surface area contributed by atoms with E-state index in [-0.39, 0.29) is 22.3 Å². The SMILES string of the molecule is Cc1nc(CNS(=O)(=O)c2cnc(N)c(Cl)c2)cs1. The first-order chi connectivity index (χ1) is 8.88. The number of nitrogens with zero attached hydrogens (tertiary/aromatic N) is 2. The lowest BCUT2D eigenvalue weighted by atomic mass is 10.5. The van der Waals surface area contributed by atoms with E-state index >= 15 is 0 Å². The number of thiazole rings is 1. The van der Waals surface area contributed by atoms with Gasteiger partial charge in [0.2, 0.25) is 10.0 Å². The summed E-state index contributed by atoms with van der Waals surface area (Å²) < 4.78 is 26.4. The van der Waals surface area contributed by atoms with Crippen molar-refractivity contribution in [3.8, 4) is 0 Å². The third-order valence-corrected chi connectivity index (χ3v) is 4.76. The molecule has 0 unspecified atom stereocenters. The maximum absolute atomic E-state index is 12.0.